The first-order valence-electron chi connectivity index (χ1n) is 15.0. The zero-order valence-corrected chi connectivity index (χ0v) is 24.8. The van der Waals surface area contributed by atoms with Gasteiger partial charge in [-0.15, -0.1) is 0 Å². The molecule has 0 spiro atoms. The Balaban J connectivity index is 1.35. The van der Waals surface area contributed by atoms with Gasteiger partial charge in [-0.25, -0.2) is 4.39 Å². The van der Waals surface area contributed by atoms with Crippen LogP contribution in [0.2, 0.25) is 0 Å². The highest BCUT2D eigenvalue weighted by Gasteiger charge is 2.27. The Labute approximate surface area is 257 Å². The van der Waals surface area contributed by atoms with Crippen LogP contribution in [-0.2, 0) is 11.3 Å². The Morgan fingerprint density at radius 3 is 2.20 bits per heavy atom. The fraction of sp³-hybridized carbons (Fsp3) is 0.250. The van der Waals surface area contributed by atoms with E-state index in [4.69, 9.17) is 0 Å². The maximum Gasteiger partial charge on any atom is 0.255 e. The van der Waals surface area contributed by atoms with Crippen LogP contribution in [0.5, 0.6) is 0 Å². The van der Waals surface area contributed by atoms with Gasteiger partial charge in [-0.1, -0.05) is 67.6 Å². The van der Waals surface area contributed by atoms with Crippen molar-refractivity contribution < 1.29 is 18.8 Å². The number of hydrogen-bond donors (Lipinski definition) is 2. The third kappa shape index (κ3) is 7.50. The molecule has 1 fully saturated rings. The number of amides is 3. The van der Waals surface area contributed by atoms with Crippen LogP contribution >= 0.6 is 0 Å². The van der Waals surface area contributed by atoms with E-state index in [1.54, 1.807) is 48.5 Å². The lowest BCUT2D eigenvalue weighted by molar-refractivity contribution is -0.132. The second kappa shape index (κ2) is 14.5. The SMILES string of the molecule is CCC(C(=O)N1CCCN(c2ccc(NC(=O)c3ccccc3)cc2C(=O)NCc2ccc(F)cc2)CC1)c1ccccc1. The normalized spacial score (nSPS) is 14.0. The molecule has 4 aromatic carbocycles. The molecule has 0 aliphatic carbocycles. The molecule has 0 saturated carbocycles. The molecule has 1 heterocycles. The van der Waals surface area contributed by atoms with Crippen LogP contribution in [0.25, 0.3) is 0 Å². The number of carbonyl (C=O) groups is 3. The molecule has 4 aromatic rings. The third-order valence-electron chi connectivity index (χ3n) is 7.96. The highest BCUT2D eigenvalue weighted by Crippen LogP contribution is 2.28. The Kier molecular flexibility index (Phi) is 10.0. The summed E-state index contributed by atoms with van der Waals surface area (Å²) in [5.74, 6) is -0.997. The van der Waals surface area contributed by atoms with Crippen LogP contribution in [0.3, 0.4) is 0 Å². The van der Waals surface area contributed by atoms with Crippen LogP contribution < -0.4 is 15.5 Å². The number of carbonyl (C=O) groups excluding carboxylic acids is 3. The number of halogens is 1. The van der Waals surface area contributed by atoms with Gasteiger partial charge in [0.25, 0.3) is 11.8 Å². The van der Waals surface area contributed by atoms with Gasteiger partial charge in [0.15, 0.2) is 0 Å². The van der Waals surface area contributed by atoms with Gasteiger partial charge >= 0.3 is 0 Å². The van der Waals surface area contributed by atoms with Gasteiger partial charge in [0, 0.05) is 49.7 Å². The first-order valence-corrected chi connectivity index (χ1v) is 15.0. The minimum atomic E-state index is -0.341. The van der Waals surface area contributed by atoms with Crippen molar-refractivity contribution in [2.75, 3.05) is 36.4 Å². The molecule has 1 atom stereocenters. The number of benzene rings is 4. The Hall–Kier alpha value is -4.98. The molecule has 44 heavy (non-hydrogen) atoms. The summed E-state index contributed by atoms with van der Waals surface area (Å²) in [5, 5.41) is 5.84. The molecule has 1 aliphatic heterocycles. The molecular weight excluding hydrogens is 555 g/mol. The van der Waals surface area contributed by atoms with Crippen molar-refractivity contribution >= 4 is 29.1 Å². The molecule has 0 aromatic heterocycles. The molecule has 8 heteroatoms. The monoisotopic (exact) mass is 592 g/mol. The van der Waals surface area contributed by atoms with E-state index in [1.807, 2.05) is 54.3 Å². The van der Waals surface area contributed by atoms with Crippen LogP contribution in [-0.4, -0.2) is 48.8 Å². The van der Waals surface area contributed by atoms with Crippen molar-refractivity contribution in [3.8, 4) is 0 Å². The van der Waals surface area contributed by atoms with Crippen LogP contribution in [0.4, 0.5) is 15.8 Å². The van der Waals surface area contributed by atoms with Gasteiger partial charge in [-0.2, -0.15) is 0 Å². The van der Waals surface area contributed by atoms with E-state index >= 15 is 0 Å². The molecule has 2 N–H and O–H groups in total. The average molecular weight is 593 g/mol. The number of hydrogen-bond acceptors (Lipinski definition) is 4. The topological polar surface area (TPSA) is 81.8 Å². The van der Waals surface area contributed by atoms with Gasteiger partial charge in [-0.3, -0.25) is 14.4 Å². The Morgan fingerprint density at radius 2 is 1.50 bits per heavy atom. The van der Waals surface area contributed by atoms with Gasteiger partial charge < -0.3 is 20.4 Å². The molecule has 5 rings (SSSR count). The van der Waals surface area contributed by atoms with Gasteiger partial charge in [0.1, 0.15) is 5.82 Å². The third-order valence-corrected chi connectivity index (χ3v) is 7.96. The zero-order chi connectivity index (χ0) is 30.9. The van der Waals surface area contributed by atoms with Crippen molar-refractivity contribution in [2.45, 2.75) is 32.2 Å². The number of rotatable bonds is 9. The van der Waals surface area contributed by atoms with E-state index < -0.39 is 0 Å². The minimum absolute atomic E-state index is 0.122. The van der Waals surface area contributed by atoms with E-state index in [0.717, 1.165) is 29.7 Å². The fourth-order valence-corrected chi connectivity index (χ4v) is 5.58. The Bertz CT molecular complexity index is 1580. The van der Waals surface area contributed by atoms with Crippen molar-refractivity contribution in [1.29, 1.82) is 0 Å². The van der Waals surface area contributed by atoms with Crippen LogP contribution in [0, 0.1) is 5.82 Å². The summed E-state index contributed by atoms with van der Waals surface area (Å²) in [4.78, 5) is 44.1. The Morgan fingerprint density at radius 1 is 0.795 bits per heavy atom. The molecule has 1 saturated heterocycles. The lowest BCUT2D eigenvalue weighted by Crippen LogP contribution is -2.38. The fourth-order valence-electron chi connectivity index (χ4n) is 5.58. The maximum absolute atomic E-state index is 13.6. The number of nitrogens with one attached hydrogen (secondary N) is 2. The van der Waals surface area contributed by atoms with E-state index in [-0.39, 0.29) is 36.0 Å². The molecule has 7 nitrogen and oxygen atoms in total. The van der Waals surface area contributed by atoms with Crippen molar-refractivity contribution in [1.82, 2.24) is 10.2 Å². The first kappa shape index (κ1) is 30.5. The second-order valence-electron chi connectivity index (χ2n) is 10.9. The van der Waals surface area contributed by atoms with Crippen molar-refractivity contribution in [2.24, 2.45) is 0 Å². The lowest BCUT2D eigenvalue weighted by Gasteiger charge is -2.28. The zero-order valence-electron chi connectivity index (χ0n) is 24.8. The summed E-state index contributed by atoms with van der Waals surface area (Å²) >= 11 is 0. The van der Waals surface area contributed by atoms with Gasteiger partial charge in [0.05, 0.1) is 11.5 Å². The lowest BCUT2D eigenvalue weighted by atomic mass is 9.95. The first-order chi connectivity index (χ1) is 21.4. The molecule has 0 radical (unpaired) electrons. The largest absolute Gasteiger partial charge is 0.369 e. The molecule has 0 bridgehead atoms. The van der Waals surface area contributed by atoms with Crippen molar-refractivity contribution in [3.63, 3.8) is 0 Å². The summed E-state index contributed by atoms with van der Waals surface area (Å²) in [6.07, 6.45) is 1.47. The van der Waals surface area contributed by atoms with E-state index in [9.17, 15) is 18.8 Å². The van der Waals surface area contributed by atoms with E-state index in [1.165, 1.54) is 12.1 Å². The predicted molar refractivity (Wildman–Crippen MR) is 171 cm³/mol. The molecule has 226 valence electrons. The summed E-state index contributed by atoms with van der Waals surface area (Å²) in [5.41, 5.74) is 3.93. The summed E-state index contributed by atoms with van der Waals surface area (Å²) in [6, 6.07) is 30.1. The number of anilines is 2. The molecule has 1 aliphatic rings. The standard InChI is InChI=1S/C36H37FN4O3/c1-2-31(27-10-5-3-6-11-27)36(44)41-21-9-20-40(22-23-41)33-19-18-30(39-34(42)28-12-7-4-8-13-28)24-32(33)35(43)38-25-26-14-16-29(37)17-15-26/h3-8,10-19,24,31H,2,9,20-23,25H2,1H3,(H,38,43)(H,39,42). The molecule has 3 amide bonds. The quantitative estimate of drug-likeness (QED) is 0.241. The minimum Gasteiger partial charge on any atom is -0.369 e. The van der Waals surface area contributed by atoms with Gasteiger partial charge in [0.2, 0.25) is 5.91 Å². The van der Waals surface area contributed by atoms with Gasteiger partial charge in [-0.05, 0) is 66.4 Å². The summed E-state index contributed by atoms with van der Waals surface area (Å²) < 4.78 is 13.4. The summed E-state index contributed by atoms with van der Waals surface area (Å²) in [7, 11) is 0. The molecular formula is C36H37FN4O3. The predicted octanol–water partition coefficient (Wildman–Crippen LogP) is 6.24. The van der Waals surface area contributed by atoms with E-state index in [0.29, 0.717) is 43.0 Å². The average Bonchev–Trinajstić information content (AvgIpc) is 3.32. The molecule has 1 unspecified atom stereocenters. The smallest absolute Gasteiger partial charge is 0.255 e. The maximum atomic E-state index is 13.6. The number of nitrogens with zero attached hydrogens (tertiary/aromatic N) is 2. The summed E-state index contributed by atoms with van der Waals surface area (Å²) in [6.45, 7) is 4.65. The van der Waals surface area contributed by atoms with Crippen LogP contribution in [0.15, 0.2) is 103 Å². The van der Waals surface area contributed by atoms with Crippen LogP contribution in [0.1, 0.15) is 57.5 Å². The van der Waals surface area contributed by atoms with Crippen molar-refractivity contribution in [3.05, 3.63) is 131 Å². The second-order valence-corrected chi connectivity index (χ2v) is 10.9. The van der Waals surface area contributed by atoms with E-state index in [2.05, 4.69) is 15.5 Å². The highest BCUT2D eigenvalue weighted by atomic mass is 19.1. The highest BCUT2D eigenvalue weighted by molar-refractivity contribution is 6.06.